The molecule has 3 N–H and O–H groups in total. The van der Waals surface area contributed by atoms with Crippen LogP contribution >= 0.6 is 0 Å². The summed E-state index contributed by atoms with van der Waals surface area (Å²) in [5, 5.41) is 5.13. The number of benzene rings is 2. The first kappa shape index (κ1) is 18.0. The standard InChI is InChI=1S/C20H26N2O2/c1-3-4-8-14-21-19(16-10-6-5-7-11-16)20(23)22-17-12-9-13-18(15-17)24-2/h5-7,9-13,15,19,21H,3-4,8,14H2,1-2H3,(H,22,23)/p+1/t19-/m0/s1. The van der Waals surface area contributed by atoms with Gasteiger partial charge in [0.15, 0.2) is 6.04 Å². The number of unbranched alkanes of at least 4 members (excludes halogenated alkanes) is 2. The van der Waals surface area contributed by atoms with Crippen molar-refractivity contribution >= 4 is 11.6 Å². The van der Waals surface area contributed by atoms with E-state index in [1.165, 1.54) is 12.8 Å². The number of amides is 1. The van der Waals surface area contributed by atoms with E-state index in [1.54, 1.807) is 7.11 Å². The first-order chi connectivity index (χ1) is 11.7. The Morgan fingerprint density at radius 2 is 1.92 bits per heavy atom. The average molecular weight is 327 g/mol. The highest BCUT2D eigenvalue weighted by molar-refractivity contribution is 5.94. The van der Waals surface area contributed by atoms with Crippen molar-refractivity contribution in [2.24, 2.45) is 0 Å². The Kier molecular flexibility index (Phi) is 7.30. The van der Waals surface area contributed by atoms with E-state index in [2.05, 4.69) is 17.6 Å². The van der Waals surface area contributed by atoms with Gasteiger partial charge in [-0.2, -0.15) is 0 Å². The van der Waals surface area contributed by atoms with Crippen LogP contribution in [-0.4, -0.2) is 19.6 Å². The molecule has 128 valence electrons. The summed E-state index contributed by atoms with van der Waals surface area (Å²) in [5.74, 6) is 0.724. The van der Waals surface area contributed by atoms with E-state index < -0.39 is 0 Å². The van der Waals surface area contributed by atoms with Crippen molar-refractivity contribution in [3.63, 3.8) is 0 Å². The highest BCUT2D eigenvalue weighted by atomic mass is 16.5. The van der Waals surface area contributed by atoms with Gasteiger partial charge in [0.25, 0.3) is 5.91 Å². The van der Waals surface area contributed by atoms with Crippen molar-refractivity contribution in [1.29, 1.82) is 0 Å². The zero-order valence-electron chi connectivity index (χ0n) is 14.5. The van der Waals surface area contributed by atoms with E-state index >= 15 is 0 Å². The lowest BCUT2D eigenvalue weighted by molar-refractivity contribution is -0.682. The molecule has 0 heterocycles. The van der Waals surface area contributed by atoms with E-state index in [-0.39, 0.29) is 11.9 Å². The number of hydrogen-bond donors (Lipinski definition) is 2. The van der Waals surface area contributed by atoms with E-state index in [1.807, 2.05) is 54.6 Å². The molecule has 0 aliphatic rings. The fourth-order valence-corrected chi connectivity index (χ4v) is 2.65. The van der Waals surface area contributed by atoms with E-state index in [0.29, 0.717) is 0 Å². The summed E-state index contributed by atoms with van der Waals surface area (Å²) in [6, 6.07) is 17.1. The lowest BCUT2D eigenvalue weighted by atomic mass is 10.1. The zero-order chi connectivity index (χ0) is 17.2. The average Bonchev–Trinajstić information content (AvgIpc) is 2.62. The number of methoxy groups -OCH3 is 1. The van der Waals surface area contributed by atoms with Crippen molar-refractivity contribution in [2.75, 3.05) is 19.0 Å². The van der Waals surface area contributed by atoms with Gasteiger partial charge in [-0.05, 0) is 25.0 Å². The molecule has 1 amide bonds. The van der Waals surface area contributed by atoms with Crippen molar-refractivity contribution in [2.45, 2.75) is 32.2 Å². The number of hydrogen-bond acceptors (Lipinski definition) is 2. The Labute approximate surface area is 144 Å². The molecule has 0 unspecified atom stereocenters. The predicted molar refractivity (Wildman–Crippen MR) is 97.1 cm³/mol. The number of carbonyl (C=O) groups excluding carboxylic acids is 1. The Morgan fingerprint density at radius 1 is 1.12 bits per heavy atom. The van der Waals surface area contributed by atoms with Gasteiger partial charge >= 0.3 is 0 Å². The molecule has 0 radical (unpaired) electrons. The fourth-order valence-electron chi connectivity index (χ4n) is 2.65. The third-order valence-electron chi connectivity index (χ3n) is 3.99. The van der Waals surface area contributed by atoms with Gasteiger partial charge in [-0.25, -0.2) is 0 Å². The van der Waals surface area contributed by atoms with Gasteiger partial charge < -0.3 is 15.4 Å². The molecule has 2 aromatic carbocycles. The molecule has 4 heteroatoms. The monoisotopic (exact) mass is 327 g/mol. The van der Waals surface area contributed by atoms with Crippen LogP contribution in [0, 0.1) is 0 Å². The molecular formula is C20H27N2O2+. The quantitative estimate of drug-likeness (QED) is 0.695. The second kappa shape index (κ2) is 9.73. The molecule has 0 aliphatic carbocycles. The third kappa shape index (κ3) is 5.39. The Hall–Kier alpha value is -2.33. The summed E-state index contributed by atoms with van der Waals surface area (Å²) in [6.45, 7) is 3.13. The molecular weight excluding hydrogens is 300 g/mol. The number of quaternary nitrogens is 1. The summed E-state index contributed by atoms with van der Waals surface area (Å²) >= 11 is 0. The zero-order valence-corrected chi connectivity index (χ0v) is 14.5. The molecule has 2 rings (SSSR count). The van der Waals surface area contributed by atoms with Crippen LogP contribution < -0.4 is 15.4 Å². The number of anilines is 1. The van der Waals surface area contributed by atoms with Crippen LogP contribution in [0.2, 0.25) is 0 Å². The third-order valence-corrected chi connectivity index (χ3v) is 3.99. The molecule has 0 aromatic heterocycles. The van der Waals surface area contributed by atoms with Crippen LogP contribution in [0.4, 0.5) is 5.69 Å². The Balaban J connectivity index is 2.08. The van der Waals surface area contributed by atoms with Crippen molar-refractivity contribution in [3.8, 4) is 5.75 Å². The van der Waals surface area contributed by atoms with Gasteiger partial charge in [0.05, 0.1) is 13.7 Å². The maximum absolute atomic E-state index is 12.8. The van der Waals surface area contributed by atoms with E-state index in [4.69, 9.17) is 4.74 Å². The topological polar surface area (TPSA) is 54.9 Å². The summed E-state index contributed by atoms with van der Waals surface area (Å²) in [6.07, 6.45) is 3.49. The second-order valence-electron chi connectivity index (χ2n) is 5.84. The minimum atomic E-state index is -0.241. The molecule has 0 bridgehead atoms. The lowest BCUT2D eigenvalue weighted by Crippen LogP contribution is -2.87. The lowest BCUT2D eigenvalue weighted by Gasteiger charge is -2.16. The first-order valence-corrected chi connectivity index (χ1v) is 8.57. The van der Waals surface area contributed by atoms with Gasteiger partial charge in [0.2, 0.25) is 0 Å². The Morgan fingerprint density at radius 3 is 2.62 bits per heavy atom. The normalized spacial score (nSPS) is 11.8. The van der Waals surface area contributed by atoms with Crippen molar-refractivity contribution in [1.82, 2.24) is 0 Å². The van der Waals surface area contributed by atoms with Crippen molar-refractivity contribution < 1.29 is 14.8 Å². The van der Waals surface area contributed by atoms with Crippen LogP contribution in [0.3, 0.4) is 0 Å². The first-order valence-electron chi connectivity index (χ1n) is 8.57. The largest absolute Gasteiger partial charge is 0.497 e. The molecule has 2 aromatic rings. The van der Waals surface area contributed by atoms with Gasteiger partial charge in [-0.1, -0.05) is 49.7 Å². The van der Waals surface area contributed by atoms with Gasteiger partial charge in [-0.3, -0.25) is 4.79 Å². The number of nitrogens with two attached hydrogens (primary N) is 1. The number of nitrogens with one attached hydrogen (secondary N) is 1. The predicted octanol–water partition coefficient (Wildman–Crippen LogP) is 3.13. The van der Waals surface area contributed by atoms with E-state index in [9.17, 15) is 4.79 Å². The Bertz CT molecular complexity index is 629. The van der Waals surface area contributed by atoms with Gasteiger partial charge in [0, 0.05) is 17.3 Å². The second-order valence-corrected chi connectivity index (χ2v) is 5.84. The summed E-state index contributed by atoms with van der Waals surface area (Å²) in [7, 11) is 1.62. The summed E-state index contributed by atoms with van der Waals surface area (Å²) < 4.78 is 5.21. The maximum Gasteiger partial charge on any atom is 0.287 e. The van der Waals surface area contributed by atoms with Crippen molar-refractivity contribution in [3.05, 3.63) is 60.2 Å². The molecule has 0 aliphatic heterocycles. The number of carbonyl (C=O) groups is 1. The number of rotatable bonds is 9. The van der Waals surface area contributed by atoms with Crippen LogP contribution in [0.5, 0.6) is 5.75 Å². The molecule has 1 atom stereocenters. The van der Waals surface area contributed by atoms with Gasteiger partial charge in [-0.15, -0.1) is 0 Å². The molecule has 0 saturated heterocycles. The molecule has 4 nitrogen and oxygen atoms in total. The highest BCUT2D eigenvalue weighted by Gasteiger charge is 2.23. The summed E-state index contributed by atoms with van der Waals surface area (Å²) in [5.41, 5.74) is 1.77. The maximum atomic E-state index is 12.8. The summed E-state index contributed by atoms with van der Waals surface area (Å²) in [4.78, 5) is 12.8. The fraction of sp³-hybridized carbons (Fsp3) is 0.350. The van der Waals surface area contributed by atoms with Crippen LogP contribution in [0.1, 0.15) is 37.8 Å². The van der Waals surface area contributed by atoms with Crippen LogP contribution in [-0.2, 0) is 4.79 Å². The number of ether oxygens (including phenoxy) is 1. The minimum absolute atomic E-state index is 0.00838. The molecule has 24 heavy (non-hydrogen) atoms. The smallest absolute Gasteiger partial charge is 0.287 e. The highest BCUT2D eigenvalue weighted by Crippen LogP contribution is 2.18. The van der Waals surface area contributed by atoms with Gasteiger partial charge in [0.1, 0.15) is 5.75 Å². The molecule has 0 spiro atoms. The SMILES string of the molecule is CCCCC[NH2+][C@H](C(=O)Nc1cccc(OC)c1)c1ccccc1. The minimum Gasteiger partial charge on any atom is -0.497 e. The van der Waals surface area contributed by atoms with Crippen LogP contribution in [0.25, 0.3) is 0 Å². The molecule has 0 fully saturated rings. The molecule has 0 saturated carbocycles. The van der Waals surface area contributed by atoms with E-state index in [0.717, 1.165) is 30.0 Å². The van der Waals surface area contributed by atoms with Crippen LogP contribution in [0.15, 0.2) is 54.6 Å².